The zero-order valence-corrected chi connectivity index (χ0v) is 16.2. The van der Waals surface area contributed by atoms with Gasteiger partial charge >= 0.3 is 0 Å². The van der Waals surface area contributed by atoms with Crippen LogP contribution < -0.4 is 5.56 Å². The van der Waals surface area contributed by atoms with Gasteiger partial charge < -0.3 is 9.26 Å². The summed E-state index contributed by atoms with van der Waals surface area (Å²) in [4.78, 5) is 18.9. The SMILES string of the molecule is O=c1ccc(-c2ccncc2)nn1CC1CCCN1Cc1noc2c1COCC2. The summed E-state index contributed by atoms with van der Waals surface area (Å²) in [5.74, 6) is 0.949. The number of fused-ring (bicyclic) bond motifs is 1. The third-order valence-electron chi connectivity index (χ3n) is 5.75. The second-order valence-corrected chi connectivity index (χ2v) is 7.57. The molecule has 0 N–H and O–H groups in total. The topological polar surface area (TPSA) is 86.3 Å². The van der Waals surface area contributed by atoms with E-state index in [9.17, 15) is 4.79 Å². The molecule has 0 bridgehead atoms. The number of ether oxygens (including phenoxy) is 1. The van der Waals surface area contributed by atoms with Gasteiger partial charge in [0, 0.05) is 48.6 Å². The van der Waals surface area contributed by atoms with Crippen LogP contribution in [0, 0.1) is 0 Å². The zero-order chi connectivity index (χ0) is 19.6. The van der Waals surface area contributed by atoms with Crippen molar-refractivity contribution in [3.63, 3.8) is 0 Å². The zero-order valence-electron chi connectivity index (χ0n) is 16.2. The van der Waals surface area contributed by atoms with Gasteiger partial charge in [-0.2, -0.15) is 5.10 Å². The maximum absolute atomic E-state index is 12.4. The first-order valence-electron chi connectivity index (χ1n) is 10.0. The maximum Gasteiger partial charge on any atom is 0.266 e. The van der Waals surface area contributed by atoms with Crippen LogP contribution in [0.4, 0.5) is 0 Å². The highest BCUT2D eigenvalue weighted by atomic mass is 16.5. The molecule has 2 aliphatic rings. The van der Waals surface area contributed by atoms with Crippen LogP contribution in [0.3, 0.4) is 0 Å². The normalized spacial score (nSPS) is 19.4. The molecule has 0 aromatic carbocycles. The summed E-state index contributed by atoms with van der Waals surface area (Å²) >= 11 is 0. The Hall–Kier alpha value is -2.84. The van der Waals surface area contributed by atoms with Gasteiger partial charge in [0.25, 0.3) is 5.56 Å². The molecule has 0 aliphatic carbocycles. The summed E-state index contributed by atoms with van der Waals surface area (Å²) in [5, 5.41) is 8.89. The van der Waals surface area contributed by atoms with Crippen molar-refractivity contribution in [1.29, 1.82) is 0 Å². The van der Waals surface area contributed by atoms with Gasteiger partial charge in [0.2, 0.25) is 0 Å². The summed E-state index contributed by atoms with van der Waals surface area (Å²) in [6, 6.07) is 7.39. The Morgan fingerprint density at radius 1 is 1.17 bits per heavy atom. The predicted octanol–water partition coefficient (Wildman–Crippen LogP) is 2.03. The summed E-state index contributed by atoms with van der Waals surface area (Å²) in [7, 11) is 0. The van der Waals surface area contributed by atoms with E-state index in [1.807, 2.05) is 12.1 Å². The highest BCUT2D eigenvalue weighted by molar-refractivity contribution is 5.56. The highest BCUT2D eigenvalue weighted by Gasteiger charge is 2.29. The summed E-state index contributed by atoms with van der Waals surface area (Å²) < 4.78 is 12.7. The van der Waals surface area contributed by atoms with Gasteiger partial charge in [0.1, 0.15) is 11.5 Å². The lowest BCUT2D eigenvalue weighted by molar-refractivity contribution is 0.102. The van der Waals surface area contributed by atoms with E-state index in [0.717, 1.165) is 54.1 Å². The predicted molar refractivity (Wildman–Crippen MR) is 105 cm³/mol. The van der Waals surface area contributed by atoms with E-state index in [1.54, 1.807) is 29.2 Å². The van der Waals surface area contributed by atoms with E-state index in [2.05, 4.69) is 20.1 Å². The van der Waals surface area contributed by atoms with Crippen LogP contribution in [-0.2, 0) is 30.9 Å². The largest absolute Gasteiger partial charge is 0.376 e. The molecule has 1 unspecified atom stereocenters. The molecule has 8 heteroatoms. The maximum atomic E-state index is 12.4. The summed E-state index contributed by atoms with van der Waals surface area (Å²) in [5.41, 5.74) is 3.70. The molecule has 3 aromatic heterocycles. The quantitative estimate of drug-likeness (QED) is 0.655. The van der Waals surface area contributed by atoms with Crippen molar-refractivity contribution >= 4 is 0 Å². The molecule has 1 fully saturated rings. The number of hydrogen-bond acceptors (Lipinski definition) is 7. The van der Waals surface area contributed by atoms with Crippen LogP contribution in [0.1, 0.15) is 29.9 Å². The van der Waals surface area contributed by atoms with Crippen molar-refractivity contribution < 1.29 is 9.26 Å². The molecule has 0 amide bonds. The van der Waals surface area contributed by atoms with Gasteiger partial charge in [-0.3, -0.25) is 14.7 Å². The Balaban J connectivity index is 1.35. The van der Waals surface area contributed by atoms with E-state index >= 15 is 0 Å². The molecule has 1 atom stereocenters. The van der Waals surface area contributed by atoms with Crippen molar-refractivity contribution in [3.05, 3.63) is 64.0 Å². The van der Waals surface area contributed by atoms with Gasteiger partial charge in [-0.05, 0) is 37.6 Å². The molecule has 150 valence electrons. The molecule has 5 heterocycles. The first kappa shape index (κ1) is 18.2. The van der Waals surface area contributed by atoms with Crippen molar-refractivity contribution in [2.45, 2.75) is 45.0 Å². The monoisotopic (exact) mass is 393 g/mol. The molecular weight excluding hydrogens is 370 g/mol. The molecule has 0 radical (unpaired) electrons. The number of rotatable bonds is 5. The van der Waals surface area contributed by atoms with Gasteiger partial charge in [0.15, 0.2) is 0 Å². The van der Waals surface area contributed by atoms with Crippen molar-refractivity contribution in [3.8, 4) is 11.3 Å². The average molecular weight is 393 g/mol. The number of likely N-dealkylation sites (tertiary alicyclic amines) is 1. The average Bonchev–Trinajstić information content (AvgIpc) is 3.38. The Kier molecular flexibility index (Phi) is 4.95. The second kappa shape index (κ2) is 7.88. The molecule has 2 aliphatic heterocycles. The molecule has 1 saturated heterocycles. The highest BCUT2D eigenvalue weighted by Crippen LogP contribution is 2.26. The fourth-order valence-corrected chi connectivity index (χ4v) is 4.16. The van der Waals surface area contributed by atoms with Gasteiger partial charge in [-0.1, -0.05) is 5.16 Å². The fraction of sp³-hybridized carbons (Fsp3) is 0.429. The first-order chi connectivity index (χ1) is 14.3. The molecule has 5 rings (SSSR count). The third-order valence-corrected chi connectivity index (χ3v) is 5.75. The fourth-order valence-electron chi connectivity index (χ4n) is 4.16. The first-order valence-corrected chi connectivity index (χ1v) is 10.0. The van der Waals surface area contributed by atoms with Gasteiger partial charge in [0.05, 0.1) is 25.5 Å². The Morgan fingerprint density at radius 2 is 2.07 bits per heavy atom. The van der Waals surface area contributed by atoms with Crippen molar-refractivity contribution in [2.24, 2.45) is 0 Å². The van der Waals surface area contributed by atoms with Crippen LogP contribution in [0.15, 0.2) is 46.0 Å². The number of aromatic nitrogens is 4. The van der Waals surface area contributed by atoms with E-state index < -0.39 is 0 Å². The van der Waals surface area contributed by atoms with Crippen LogP contribution in [-0.4, -0.2) is 44.0 Å². The lowest BCUT2D eigenvalue weighted by Gasteiger charge is -2.24. The molecule has 3 aromatic rings. The van der Waals surface area contributed by atoms with E-state index in [0.29, 0.717) is 26.3 Å². The molecule has 0 saturated carbocycles. The Bertz CT molecular complexity index is 1050. The Morgan fingerprint density at radius 3 is 2.97 bits per heavy atom. The van der Waals surface area contributed by atoms with Crippen LogP contribution in [0.25, 0.3) is 11.3 Å². The van der Waals surface area contributed by atoms with Crippen LogP contribution in [0.5, 0.6) is 0 Å². The molecule has 29 heavy (non-hydrogen) atoms. The number of pyridine rings is 1. The lowest BCUT2D eigenvalue weighted by atomic mass is 10.1. The third kappa shape index (κ3) is 3.73. The number of hydrogen-bond donors (Lipinski definition) is 0. The lowest BCUT2D eigenvalue weighted by Crippen LogP contribution is -2.37. The minimum absolute atomic E-state index is 0.0816. The van der Waals surface area contributed by atoms with Gasteiger partial charge in [-0.25, -0.2) is 4.68 Å². The Labute approximate surface area is 168 Å². The summed E-state index contributed by atoms with van der Waals surface area (Å²) in [6.45, 7) is 3.52. The number of nitrogens with zero attached hydrogens (tertiary/aromatic N) is 5. The second-order valence-electron chi connectivity index (χ2n) is 7.57. The summed E-state index contributed by atoms with van der Waals surface area (Å²) in [6.07, 6.45) is 6.37. The minimum Gasteiger partial charge on any atom is -0.376 e. The standard InChI is InChI=1S/C21H23N5O3/c27-21-4-3-18(15-5-8-22-9-6-15)23-26(21)12-16-2-1-10-25(16)13-19-17-14-28-11-7-20(17)29-24-19/h3-6,8-9,16H,1-2,7,10-14H2. The smallest absolute Gasteiger partial charge is 0.266 e. The van der Waals surface area contributed by atoms with E-state index in [1.165, 1.54) is 0 Å². The van der Waals surface area contributed by atoms with Gasteiger partial charge in [-0.15, -0.1) is 0 Å². The molecule has 0 spiro atoms. The van der Waals surface area contributed by atoms with Crippen LogP contribution in [0.2, 0.25) is 0 Å². The van der Waals surface area contributed by atoms with E-state index in [4.69, 9.17) is 9.26 Å². The molecule has 8 nitrogen and oxygen atoms in total. The molecular formula is C21H23N5O3. The van der Waals surface area contributed by atoms with E-state index in [-0.39, 0.29) is 11.6 Å². The van der Waals surface area contributed by atoms with Crippen molar-refractivity contribution in [1.82, 2.24) is 24.8 Å². The minimum atomic E-state index is -0.0816. The van der Waals surface area contributed by atoms with Crippen molar-refractivity contribution in [2.75, 3.05) is 13.2 Å². The van der Waals surface area contributed by atoms with Crippen LogP contribution >= 0.6 is 0 Å².